The minimum Gasteiger partial charge on any atom is -0.385 e. The van der Waals surface area contributed by atoms with Gasteiger partial charge in [-0.05, 0) is 62.1 Å². The van der Waals surface area contributed by atoms with Crippen molar-refractivity contribution < 1.29 is 14.3 Å². The molecule has 0 bridgehead atoms. The topological polar surface area (TPSA) is 58.6 Å². The second-order valence-corrected chi connectivity index (χ2v) is 7.62. The van der Waals surface area contributed by atoms with Crippen molar-refractivity contribution in [2.75, 3.05) is 32.1 Å². The van der Waals surface area contributed by atoms with Crippen LogP contribution in [0.1, 0.15) is 44.1 Å². The van der Waals surface area contributed by atoms with Crippen molar-refractivity contribution >= 4 is 17.5 Å². The van der Waals surface area contributed by atoms with Crippen LogP contribution in [0.25, 0.3) is 0 Å². The van der Waals surface area contributed by atoms with E-state index in [1.807, 2.05) is 29.2 Å². The van der Waals surface area contributed by atoms with E-state index >= 15 is 0 Å². The molecular formula is C21H30N2O3. The standard InChI is InChI=1S/C21H30N2O3/c1-26-13-3-5-17-4-2-12-23(15-17)20(24)14-16-6-10-19(11-7-16)22-21(25)18-8-9-18/h6-7,10-11,17-18H,2-5,8-9,12-15H2,1H3,(H,22,25). The Morgan fingerprint density at radius 2 is 1.96 bits per heavy atom. The van der Waals surface area contributed by atoms with Gasteiger partial charge < -0.3 is 15.0 Å². The fraction of sp³-hybridized carbons (Fsp3) is 0.619. The molecule has 2 fully saturated rings. The first-order valence-corrected chi connectivity index (χ1v) is 9.82. The van der Waals surface area contributed by atoms with E-state index in [9.17, 15) is 9.59 Å². The Morgan fingerprint density at radius 3 is 2.65 bits per heavy atom. The SMILES string of the molecule is COCCCC1CCCN(C(=O)Cc2ccc(NC(=O)C3CC3)cc2)C1. The summed E-state index contributed by atoms with van der Waals surface area (Å²) in [6.45, 7) is 2.54. The summed E-state index contributed by atoms with van der Waals surface area (Å²) in [7, 11) is 1.74. The van der Waals surface area contributed by atoms with Crippen LogP contribution >= 0.6 is 0 Å². The van der Waals surface area contributed by atoms with Crippen molar-refractivity contribution in [3.05, 3.63) is 29.8 Å². The zero-order chi connectivity index (χ0) is 18.4. The number of piperidine rings is 1. The van der Waals surface area contributed by atoms with Crippen molar-refractivity contribution in [2.24, 2.45) is 11.8 Å². The number of nitrogens with one attached hydrogen (secondary N) is 1. The van der Waals surface area contributed by atoms with Crippen LogP contribution in [-0.4, -0.2) is 43.5 Å². The van der Waals surface area contributed by atoms with Gasteiger partial charge in [0.2, 0.25) is 11.8 Å². The number of carbonyl (C=O) groups excluding carboxylic acids is 2. The number of likely N-dealkylation sites (tertiary alicyclic amines) is 1. The number of hydrogen-bond acceptors (Lipinski definition) is 3. The first-order chi connectivity index (χ1) is 12.7. The lowest BCUT2D eigenvalue weighted by Crippen LogP contribution is -2.40. The van der Waals surface area contributed by atoms with E-state index in [1.165, 1.54) is 6.42 Å². The summed E-state index contributed by atoms with van der Waals surface area (Å²) in [5.74, 6) is 1.12. The van der Waals surface area contributed by atoms with Crippen molar-refractivity contribution in [1.82, 2.24) is 4.90 Å². The molecule has 0 spiro atoms. The van der Waals surface area contributed by atoms with E-state index in [2.05, 4.69) is 5.32 Å². The molecule has 0 aromatic heterocycles. The van der Waals surface area contributed by atoms with E-state index < -0.39 is 0 Å². The van der Waals surface area contributed by atoms with E-state index in [0.29, 0.717) is 12.3 Å². The number of amides is 2. The molecule has 1 aromatic carbocycles. The van der Waals surface area contributed by atoms with Gasteiger partial charge in [0.25, 0.3) is 0 Å². The normalized spacial score (nSPS) is 20.0. The third kappa shape index (κ3) is 5.56. The van der Waals surface area contributed by atoms with Gasteiger partial charge in [0.1, 0.15) is 0 Å². The smallest absolute Gasteiger partial charge is 0.227 e. The zero-order valence-corrected chi connectivity index (χ0v) is 15.7. The van der Waals surface area contributed by atoms with Gasteiger partial charge in [-0.1, -0.05) is 12.1 Å². The van der Waals surface area contributed by atoms with Crippen LogP contribution < -0.4 is 5.32 Å². The largest absolute Gasteiger partial charge is 0.385 e. The monoisotopic (exact) mass is 358 g/mol. The van der Waals surface area contributed by atoms with Gasteiger partial charge in [0, 0.05) is 38.4 Å². The number of benzene rings is 1. The van der Waals surface area contributed by atoms with Crippen molar-refractivity contribution in [1.29, 1.82) is 0 Å². The van der Waals surface area contributed by atoms with E-state index in [-0.39, 0.29) is 17.7 Å². The van der Waals surface area contributed by atoms with Gasteiger partial charge in [-0.15, -0.1) is 0 Å². The molecular weight excluding hydrogens is 328 g/mol. The Bertz CT molecular complexity index is 610. The van der Waals surface area contributed by atoms with Crippen LogP contribution in [0.5, 0.6) is 0 Å². The maximum atomic E-state index is 12.6. The third-order valence-corrected chi connectivity index (χ3v) is 5.36. The lowest BCUT2D eigenvalue weighted by molar-refractivity contribution is -0.132. The summed E-state index contributed by atoms with van der Waals surface area (Å²) >= 11 is 0. The quantitative estimate of drug-likeness (QED) is 0.726. The van der Waals surface area contributed by atoms with Crippen LogP contribution in [0.2, 0.25) is 0 Å². The highest BCUT2D eigenvalue weighted by atomic mass is 16.5. The Hall–Kier alpha value is -1.88. The fourth-order valence-corrected chi connectivity index (χ4v) is 3.63. The van der Waals surface area contributed by atoms with Gasteiger partial charge in [-0.2, -0.15) is 0 Å². The predicted octanol–water partition coefficient (Wildman–Crippen LogP) is 3.24. The minimum absolute atomic E-state index is 0.113. The number of hydrogen-bond donors (Lipinski definition) is 1. The molecule has 1 atom stereocenters. The zero-order valence-electron chi connectivity index (χ0n) is 15.7. The molecule has 26 heavy (non-hydrogen) atoms. The van der Waals surface area contributed by atoms with Gasteiger partial charge in [0.05, 0.1) is 6.42 Å². The highest BCUT2D eigenvalue weighted by Gasteiger charge is 2.29. The summed E-state index contributed by atoms with van der Waals surface area (Å²) in [6, 6.07) is 7.68. The average molecular weight is 358 g/mol. The first-order valence-electron chi connectivity index (χ1n) is 9.82. The predicted molar refractivity (Wildman–Crippen MR) is 102 cm³/mol. The van der Waals surface area contributed by atoms with Gasteiger partial charge in [-0.25, -0.2) is 0 Å². The number of ether oxygens (including phenoxy) is 1. The van der Waals surface area contributed by atoms with E-state index in [1.54, 1.807) is 7.11 Å². The minimum atomic E-state index is 0.113. The molecule has 1 heterocycles. The average Bonchev–Trinajstić information content (AvgIpc) is 3.49. The molecule has 1 aliphatic carbocycles. The van der Waals surface area contributed by atoms with Gasteiger partial charge in [0.15, 0.2) is 0 Å². The number of anilines is 1. The molecule has 0 radical (unpaired) electrons. The summed E-state index contributed by atoms with van der Waals surface area (Å²) < 4.78 is 5.13. The third-order valence-electron chi connectivity index (χ3n) is 5.36. The molecule has 5 heteroatoms. The van der Waals surface area contributed by atoms with Gasteiger partial charge in [-0.3, -0.25) is 9.59 Å². The number of carbonyl (C=O) groups is 2. The molecule has 2 amide bonds. The Balaban J connectivity index is 1.46. The van der Waals surface area contributed by atoms with Crippen LogP contribution in [0.4, 0.5) is 5.69 Å². The molecule has 142 valence electrons. The maximum Gasteiger partial charge on any atom is 0.227 e. The molecule has 1 unspecified atom stereocenters. The number of rotatable bonds is 8. The first kappa shape index (κ1) is 18.9. The Labute approximate surface area is 156 Å². The Morgan fingerprint density at radius 1 is 1.19 bits per heavy atom. The highest BCUT2D eigenvalue weighted by Crippen LogP contribution is 2.30. The van der Waals surface area contributed by atoms with Crippen LogP contribution in [-0.2, 0) is 20.7 Å². The number of methoxy groups -OCH3 is 1. The van der Waals surface area contributed by atoms with Crippen molar-refractivity contribution in [3.8, 4) is 0 Å². The second-order valence-electron chi connectivity index (χ2n) is 7.62. The highest BCUT2D eigenvalue weighted by molar-refractivity contribution is 5.94. The Kier molecular flexibility index (Phi) is 6.67. The molecule has 1 aliphatic heterocycles. The summed E-state index contributed by atoms with van der Waals surface area (Å²) in [4.78, 5) is 26.4. The van der Waals surface area contributed by atoms with Gasteiger partial charge >= 0.3 is 0 Å². The molecule has 1 aromatic rings. The maximum absolute atomic E-state index is 12.6. The van der Waals surface area contributed by atoms with E-state index in [4.69, 9.17) is 4.74 Å². The summed E-state index contributed by atoms with van der Waals surface area (Å²) in [5, 5.41) is 2.93. The molecule has 1 saturated heterocycles. The van der Waals surface area contributed by atoms with Crippen LogP contribution in [0.15, 0.2) is 24.3 Å². The van der Waals surface area contributed by atoms with Crippen molar-refractivity contribution in [2.45, 2.75) is 44.9 Å². The number of nitrogens with zero attached hydrogens (tertiary/aromatic N) is 1. The molecule has 3 rings (SSSR count). The second kappa shape index (κ2) is 9.17. The molecule has 2 aliphatic rings. The molecule has 1 saturated carbocycles. The lowest BCUT2D eigenvalue weighted by atomic mass is 9.93. The van der Waals surface area contributed by atoms with Crippen molar-refractivity contribution in [3.63, 3.8) is 0 Å². The summed E-state index contributed by atoms with van der Waals surface area (Å²) in [6.07, 6.45) is 6.94. The van der Waals surface area contributed by atoms with Crippen LogP contribution in [0.3, 0.4) is 0 Å². The van der Waals surface area contributed by atoms with E-state index in [0.717, 1.165) is 63.1 Å². The fourth-order valence-electron chi connectivity index (χ4n) is 3.63. The summed E-state index contributed by atoms with van der Waals surface area (Å²) in [5.41, 5.74) is 1.82. The lowest BCUT2D eigenvalue weighted by Gasteiger charge is -2.33. The molecule has 1 N–H and O–H groups in total. The molecule has 5 nitrogen and oxygen atoms in total. The van der Waals surface area contributed by atoms with Crippen LogP contribution in [0, 0.1) is 11.8 Å².